The van der Waals surface area contributed by atoms with Crippen LogP contribution in [0, 0.1) is 5.92 Å². The molecule has 6 nitrogen and oxygen atoms in total. The van der Waals surface area contributed by atoms with E-state index in [1.54, 1.807) is 32.9 Å². The zero-order valence-corrected chi connectivity index (χ0v) is 12.9. The molecule has 0 spiro atoms. The highest BCUT2D eigenvalue weighted by molar-refractivity contribution is 5.83. The zero-order chi connectivity index (χ0) is 15.2. The smallest absolute Gasteiger partial charge is 0.413 e. The normalized spacial score (nSPS) is 11.3. The zero-order valence-electron chi connectivity index (χ0n) is 12.9. The molecule has 0 aromatic carbocycles. The average Bonchev–Trinajstić information content (AvgIpc) is 2.28. The Morgan fingerprint density at radius 1 is 1.25 bits per heavy atom. The lowest BCUT2D eigenvalue weighted by molar-refractivity contribution is 0.0635. The van der Waals surface area contributed by atoms with E-state index in [1.807, 2.05) is 0 Å². The molecule has 2 N–H and O–H groups in total. The topological polar surface area (TPSA) is 76.1 Å². The Labute approximate surface area is 120 Å². The van der Waals surface area contributed by atoms with Crippen LogP contribution in [0.1, 0.15) is 41.0 Å². The number of carbonyl (C=O) groups is 1. The van der Waals surface area contributed by atoms with Gasteiger partial charge in [-0.1, -0.05) is 13.8 Å². The van der Waals surface area contributed by atoms with Crippen molar-refractivity contribution in [1.29, 1.82) is 0 Å². The van der Waals surface area contributed by atoms with Crippen LogP contribution in [0.4, 0.5) is 16.4 Å². The quantitative estimate of drug-likeness (QED) is 0.865. The summed E-state index contributed by atoms with van der Waals surface area (Å²) >= 11 is 0. The maximum atomic E-state index is 11.5. The molecule has 1 rings (SSSR count). The first-order valence-electron chi connectivity index (χ1n) is 6.84. The number of rotatable bonds is 5. The fraction of sp³-hybridized carbons (Fsp3) is 0.643. The summed E-state index contributed by atoms with van der Waals surface area (Å²) in [5.41, 5.74) is -0.532. The van der Waals surface area contributed by atoms with E-state index < -0.39 is 11.7 Å². The van der Waals surface area contributed by atoms with E-state index in [0.717, 1.165) is 13.0 Å². The lowest BCUT2D eigenvalue weighted by Crippen LogP contribution is -2.27. The van der Waals surface area contributed by atoms with Crippen LogP contribution < -0.4 is 10.6 Å². The third-order valence-electron chi connectivity index (χ3n) is 2.32. The second-order valence-electron chi connectivity index (χ2n) is 6.04. The molecule has 0 bridgehead atoms. The summed E-state index contributed by atoms with van der Waals surface area (Å²) in [4.78, 5) is 11.5. The molecule has 0 aliphatic rings. The Balaban J connectivity index is 2.44. The minimum Gasteiger partial charge on any atom is -0.444 e. The number of aromatic nitrogens is 2. The highest BCUT2D eigenvalue weighted by atomic mass is 16.6. The van der Waals surface area contributed by atoms with E-state index in [-0.39, 0.29) is 0 Å². The number of ether oxygens (including phenoxy) is 1. The van der Waals surface area contributed by atoms with Gasteiger partial charge in [0.2, 0.25) is 0 Å². The first-order chi connectivity index (χ1) is 9.26. The van der Waals surface area contributed by atoms with Crippen LogP contribution in [-0.4, -0.2) is 28.4 Å². The summed E-state index contributed by atoms with van der Waals surface area (Å²) in [7, 11) is 0. The molecule has 0 saturated heterocycles. The second kappa shape index (κ2) is 7.07. The monoisotopic (exact) mass is 280 g/mol. The first kappa shape index (κ1) is 16.2. The fourth-order valence-electron chi connectivity index (χ4n) is 1.39. The molecule has 0 aliphatic carbocycles. The second-order valence-corrected chi connectivity index (χ2v) is 6.04. The van der Waals surface area contributed by atoms with Crippen molar-refractivity contribution in [3.05, 3.63) is 12.1 Å². The summed E-state index contributed by atoms with van der Waals surface area (Å²) in [5.74, 6) is 1.71. The molecule has 112 valence electrons. The Kier molecular flexibility index (Phi) is 5.73. The van der Waals surface area contributed by atoms with Gasteiger partial charge < -0.3 is 10.1 Å². The molecular formula is C14H24N4O2. The Morgan fingerprint density at radius 2 is 1.85 bits per heavy atom. The third kappa shape index (κ3) is 6.92. The van der Waals surface area contributed by atoms with E-state index in [0.29, 0.717) is 17.6 Å². The molecule has 6 heteroatoms. The summed E-state index contributed by atoms with van der Waals surface area (Å²) in [6, 6.07) is 3.47. The Hall–Kier alpha value is -1.85. The van der Waals surface area contributed by atoms with E-state index in [1.165, 1.54) is 0 Å². The predicted molar refractivity (Wildman–Crippen MR) is 79.8 cm³/mol. The number of carbonyl (C=O) groups excluding carboxylic acids is 1. The number of amides is 1. The van der Waals surface area contributed by atoms with E-state index >= 15 is 0 Å². The minimum absolute atomic E-state index is 0.369. The van der Waals surface area contributed by atoms with Crippen molar-refractivity contribution in [3.8, 4) is 0 Å². The molecule has 0 fully saturated rings. The van der Waals surface area contributed by atoms with Gasteiger partial charge in [-0.05, 0) is 45.2 Å². The number of hydrogen-bond acceptors (Lipinski definition) is 5. The molecule has 0 radical (unpaired) electrons. The van der Waals surface area contributed by atoms with Gasteiger partial charge in [0.05, 0.1) is 0 Å². The van der Waals surface area contributed by atoms with Crippen LogP contribution in [0.25, 0.3) is 0 Å². The highest BCUT2D eigenvalue weighted by Gasteiger charge is 2.16. The Morgan fingerprint density at radius 3 is 2.35 bits per heavy atom. The van der Waals surface area contributed by atoms with Crippen molar-refractivity contribution in [2.24, 2.45) is 5.92 Å². The van der Waals surface area contributed by atoms with Crippen LogP contribution in [-0.2, 0) is 4.74 Å². The lowest BCUT2D eigenvalue weighted by Gasteiger charge is -2.19. The predicted octanol–water partition coefficient (Wildman–Crippen LogP) is 3.28. The summed E-state index contributed by atoms with van der Waals surface area (Å²) in [6.45, 7) is 10.6. The van der Waals surface area contributed by atoms with Gasteiger partial charge in [-0.2, -0.15) is 0 Å². The van der Waals surface area contributed by atoms with Gasteiger partial charge in [0.1, 0.15) is 11.4 Å². The molecule has 0 atom stereocenters. The molecule has 1 aromatic heterocycles. The van der Waals surface area contributed by atoms with Crippen molar-refractivity contribution in [1.82, 2.24) is 10.2 Å². The van der Waals surface area contributed by atoms with Gasteiger partial charge in [0.25, 0.3) is 0 Å². The van der Waals surface area contributed by atoms with Crippen LogP contribution >= 0.6 is 0 Å². The number of nitrogens with one attached hydrogen (secondary N) is 2. The summed E-state index contributed by atoms with van der Waals surface area (Å²) in [5, 5.41) is 13.6. The van der Waals surface area contributed by atoms with Crippen LogP contribution in [0.15, 0.2) is 12.1 Å². The molecule has 1 heterocycles. The van der Waals surface area contributed by atoms with Crippen molar-refractivity contribution < 1.29 is 9.53 Å². The third-order valence-corrected chi connectivity index (χ3v) is 2.32. The molecule has 0 saturated carbocycles. The van der Waals surface area contributed by atoms with Crippen LogP contribution in [0.5, 0.6) is 0 Å². The average molecular weight is 280 g/mol. The number of anilines is 2. The van der Waals surface area contributed by atoms with E-state index in [4.69, 9.17) is 4.74 Å². The summed E-state index contributed by atoms with van der Waals surface area (Å²) in [6.07, 6.45) is 0.534. The Bertz CT molecular complexity index is 424. The maximum absolute atomic E-state index is 11.5. The van der Waals surface area contributed by atoms with Crippen molar-refractivity contribution in [3.63, 3.8) is 0 Å². The van der Waals surface area contributed by atoms with Crippen molar-refractivity contribution >= 4 is 17.7 Å². The van der Waals surface area contributed by atoms with Crippen molar-refractivity contribution in [2.45, 2.75) is 46.6 Å². The first-order valence-corrected chi connectivity index (χ1v) is 6.84. The fourth-order valence-corrected chi connectivity index (χ4v) is 1.39. The van der Waals surface area contributed by atoms with Gasteiger partial charge >= 0.3 is 6.09 Å². The number of nitrogens with zero attached hydrogens (tertiary/aromatic N) is 2. The van der Waals surface area contributed by atoms with Crippen molar-refractivity contribution in [2.75, 3.05) is 17.2 Å². The largest absolute Gasteiger partial charge is 0.444 e. The molecule has 20 heavy (non-hydrogen) atoms. The molecular weight excluding hydrogens is 256 g/mol. The number of hydrogen-bond donors (Lipinski definition) is 2. The minimum atomic E-state index is -0.535. The van der Waals surface area contributed by atoms with Gasteiger partial charge in [-0.3, -0.25) is 5.32 Å². The highest BCUT2D eigenvalue weighted by Crippen LogP contribution is 2.11. The molecule has 1 aromatic rings. The van der Waals surface area contributed by atoms with Gasteiger partial charge in [-0.15, -0.1) is 10.2 Å². The standard InChI is InChI=1S/C14H24N4O2/c1-10(2)8-9-15-11-6-7-12(18-17-11)16-13(19)20-14(3,4)5/h6-7,10H,8-9H2,1-5H3,(H,15,17)(H,16,18,19). The van der Waals surface area contributed by atoms with Gasteiger partial charge in [0.15, 0.2) is 5.82 Å². The SMILES string of the molecule is CC(C)CCNc1ccc(NC(=O)OC(C)(C)C)nn1. The molecule has 0 unspecified atom stereocenters. The molecule has 0 aliphatic heterocycles. The maximum Gasteiger partial charge on any atom is 0.413 e. The lowest BCUT2D eigenvalue weighted by atomic mass is 10.1. The van der Waals surface area contributed by atoms with Gasteiger partial charge in [0, 0.05) is 6.54 Å². The van der Waals surface area contributed by atoms with E-state index in [2.05, 4.69) is 34.7 Å². The van der Waals surface area contributed by atoms with Crippen LogP contribution in [0.2, 0.25) is 0 Å². The molecule has 1 amide bonds. The van der Waals surface area contributed by atoms with Crippen LogP contribution in [0.3, 0.4) is 0 Å². The summed E-state index contributed by atoms with van der Waals surface area (Å²) < 4.78 is 5.13. The van der Waals surface area contributed by atoms with E-state index in [9.17, 15) is 4.79 Å². The van der Waals surface area contributed by atoms with Gasteiger partial charge in [-0.25, -0.2) is 4.79 Å².